The molecule has 0 bridgehead atoms. The molecule has 0 unspecified atom stereocenters. The molecule has 6 nitrogen and oxygen atoms in total. The van der Waals surface area contributed by atoms with Gasteiger partial charge in [0.25, 0.3) is 0 Å². The summed E-state index contributed by atoms with van der Waals surface area (Å²) in [5, 5.41) is 8.41. The van der Waals surface area contributed by atoms with Gasteiger partial charge >= 0.3 is 5.97 Å². The molecule has 0 heterocycles. The second-order valence-electron chi connectivity index (χ2n) is 4.25. The van der Waals surface area contributed by atoms with Crippen LogP contribution >= 0.6 is 0 Å². The molecular formula is C13H19NO5S. The summed E-state index contributed by atoms with van der Waals surface area (Å²) in [5.41, 5.74) is 1.04. The minimum atomic E-state index is -3.42. The predicted molar refractivity (Wildman–Crippen MR) is 74.8 cm³/mol. The van der Waals surface area contributed by atoms with Crippen LogP contribution in [0.5, 0.6) is 0 Å². The van der Waals surface area contributed by atoms with Crippen LogP contribution in [0.25, 0.3) is 0 Å². The Bertz CT molecular complexity index is 501. The van der Waals surface area contributed by atoms with Crippen molar-refractivity contribution in [1.29, 1.82) is 0 Å². The van der Waals surface area contributed by atoms with Crippen LogP contribution in [0.3, 0.4) is 0 Å². The maximum absolute atomic E-state index is 11.5. The number of hydrogen-bond donors (Lipinski definition) is 2. The smallest absolute Gasteiger partial charge is 0.304 e. The molecule has 0 spiro atoms. The van der Waals surface area contributed by atoms with E-state index in [2.05, 4.69) is 4.72 Å². The van der Waals surface area contributed by atoms with Crippen LogP contribution in [0.2, 0.25) is 0 Å². The number of hydrogen-bond acceptors (Lipinski definition) is 4. The molecule has 0 amide bonds. The van der Waals surface area contributed by atoms with Gasteiger partial charge in [-0.1, -0.05) is 30.3 Å². The molecule has 0 fully saturated rings. The summed E-state index contributed by atoms with van der Waals surface area (Å²) in [4.78, 5) is 10.3. The lowest BCUT2D eigenvalue weighted by atomic mass is 10.2. The molecule has 0 aliphatic heterocycles. The summed E-state index contributed by atoms with van der Waals surface area (Å²) in [5.74, 6) is -1.10. The number of carbonyl (C=O) groups is 1. The van der Waals surface area contributed by atoms with Crippen molar-refractivity contribution in [2.45, 2.75) is 19.4 Å². The van der Waals surface area contributed by atoms with Gasteiger partial charge in [0.1, 0.15) is 0 Å². The van der Waals surface area contributed by atoms with Crippen LogP contribution in [0.1, 0.15) is 18.4 Å². The number of sulfonamides is 1. The molecule has 0 saturated carbocycles. The highest BCUT2D eigenvalue weighted by atomic mass is 32.2. The van der Waals surface area contributed by atoms with E-state index in [0.29, 0.717) is 19.6 Å². The van der Waals surface area contributed by atoms with Crippen molar-refractivity contribution in [3.8, 4) is 0 Å². The SMILES string of the molecule is O=C(O)CCNS(=O)(=O)CCCOCc1ccccc1. The monoisotopic (exact) mass is 301 g/mol. The lowest BCUT2D eigenvalue weighted by Gasteiger charge is -2.06. The number of aliphatic carboxylic acids is 1. The van der Waals surface area contributed by atoms with Crippen LogP contribution in [-0.4, -0.2) is 38.4 Å². The van der Waals surface area contributed by atoms with Gasteiger partial charge in [-0.25, -0.2) is 13.1 Å². The molecule has 0 aromatic heterocycles. The zero-order valence-corrected chi connectivity index (χ0v) is 11.9. The fraction of sp³-hybridized carbons (Fsp3) is 0.462. The standard InChI is InChI=1S/C13H19NO5S/c15-13(16)7-8-14-20(17,18)10-4-9-19-11-12-5-2-1-3-6-12/h1-3,5-6,14H,4,7-11H2,(H,15,16). The lowest BCUT2D eigenvalue weighted by Crippen LogP contribution is -2.29. The highest BCUT2D eigenvalue weighted by Gasteiger charge is 2.10. The fourth-order valence-electron chi connectivity index (χ4n) is 1.50. The fourth-order valence-corrected chi connectivity index (χ4v) is 2.56. The number of benzene rings is 1. The molecule has 112 valence electrons. The summed E-state index contributed by atoms with van der Waals surface area (Å²) in [7, 11) is -3.42. The minimum absolute atomic E-state index is 0.0680. The first-order chi connectivity index (χ1) is 9.49. The second-order valence-corrected chi connectivity index (χ2v) is 6.18. The summed E-state index contributed by atoms with van der Waals surface area (Å²) < 4.78 is 30.6. The van der Waals surface area contributed by atoms with E-state index >= 15 is 0 Å². The average Bonchev–Trinajstić information content (AvgIpc) is 2.38. The third-order valence-corrected chi connectivity index (χ3v) is 3.94. The molecule has 0 radical (unpaired) electrons. The third kappa shape index (κ3) is 7.88. The zero-order valence-electron chi connectivity index (χ0n) is 11.1. The molecule has 0 aliphatic carbocycles. The number of carboxylic acids is 1. The van der Waals surface area contributed by atoms with Crippen molar-refractivity contribution in [1.82, 2.24) is 4.72 Å². The van der Waals surface area contributed by atoms with E-state index < -0.39 is 16.0 Å². The number of ether oxygens (including phenoxy) is 1. The topological polar surface area (TPSA) is 92.7 Å². The lowest BCUT2D eigenvalue weighted by molar-refractivity contribution is -0.136. The van der Waals surface area contributed by atoms with Crippen molar-refractivity contribution in [3.05, 3.63) is 35.9 Å². The van der Waals surface area contributed by atoms with Crippen LogP contribution < -0.4 is 4.72 Å². The van der Waals surface area contributed by atoms with Crippen LogP contribution in [0.15, 0.2) is 30.3 Å². The van der Waals surface area contributed by atoms with E-state index in [1.54, 1.807) is 0 Å². The van der Waals surface area contributed by atoms with Crippen molar-refractivity contribution in [3.63, 3.8) is 0 Å². The van der Waals surface area contributed by atoms with Gasteiger partial charge in [0, 0.05) is 13.2 Å². The maximum Gasteiger partial charge on any atom is 0.304 e. The molecule has 2 N–H and O–H groups in total. The summed E-state index contributed by atoms with van der Waals surface area (Å²) in [6, 6.07) is 9.61. The van der Waals surface area contributed by atoms with Crippen LogP contribution in [0.4, 0.5) is 0 Å². The number of nitrogens with one attached hydrogen (secondary N) is 1. The quantitative estimate of drug-likeness (QED) is 0.629. The van der Waals surface area contributed by atoms with Crippen molar-refractivity contribution < 1.29 is 23.1 Å². The number of rotatable bonds is 10. The summed E-state index contributed by atoms with van der Waals surface area (Å²) in [6.45, 7) is 0.713. The molecular weight excluding hydrogens is 282 g/mol. The van der Waals surface area contributed by atoms with Crippen LogP contribution in [-0.2, 0) is 26.2 Å². The van der Waals surface area contributed by atoms with E-state index in [1.807, 2.05) is 30.3 Å². The molecule has 20 heavy (non-hydrogen) atoms. The Hall–Kier alpha value is -1.44. The van der Waals surface area contributed by atoms with Gasteiger partial charge < -0.3 is 9.84 Å². The molecule has 7 heteroatoms. The van der Waals surface area contributed by atoms with Crippen molar-refractivity contribution in [2.24, 2.45) is 0 Å². The molecule has 1 aromatic rings. The van der Waals surface area contributed by atoms with Gasteiger partial charge in [-0.15, -0.1) is 0 Å². The van der Waals surface area contributed by atoms with Crippen molar-refractivity contribution in [2.75, 3.05) is 18.9 Å². The van der Waals surface area contributed by atoms with Crippen molar-refractivity contribution >= 4 is 16.0 Å². The molecule has 0 saturated heterocycles. The van der Waals surface area contributed by atoms with Gasteiger partial charge in [-0.2, -0.15) is 0 Å². The van der Waals surface area contributed by atoms with Gasteiger partial charge in [0.05, 0.1) is 18.8 Å². The van der Waals surface area contributed by atoms with Gasteiger partial charge in [0.2, 0.25) is 10.0 Å². The molecule has 0 aliphatic rings. The van der Waals surface area contributed by atoms with Gasteiger partial charge in [-0.3, -0.25) is 4.79 Å². The normalized spacial score (nSPS) is 11.4. The molecule has 1 rings (SSSR count). The van der Waals surface area contributed by atoms with E-state index in [9.17, 15) is 13.2 Å². The Morgan fingerprint density at radius 2 is 1.95 bits per heavy atom. The molecule has 1 aromatic carbocycles. The Balaban J connectivity index is 2.12. The largest absolute Gasteiger partial charge is 0.481 e. The third-order valence-electron chi connectivity index (χ3n) is 2.47. The average molecular weight is 301 g/mol. The Kier molecular flexibility index (Phi) is 7.21. The number of carboxylic acid groups (broad SMARTS) is 1. The van der Waals surface area contributed by atoms with Gasteiger partial charge in [-0.05, 0) is 12.0 Å². The first kappa shape index (κ1) is 16.6. The Morgan fingerprint density at radius 3 is 2.60 bits per heavy atom. The van der Waals surface area contributed by atoms with E-state index in [4.69, 9.17) is 9.84 Å². The maximum atomic E-state index is 11.5. The second kappa shape index (κ2) is 8.68. The van der Waals surface area contributed by atoms with E-state index in [-0.39, 0.29) is 18.7 Å². The van der Waals surface area contributed by atoms with E-state index in [0.717, 1.165) is 5.56 Å². The van der Waals surface area contributed by atoms with E-state index in [1.165, 1.54) is 0 Å². The summed E-state index contributed by atoms with van der Waals surface area (Å²) >= 11 is 0. The Morgan fingerprint density at radius 1 is 1.25 bits per heavy atom. The zero-order chi connectivity index (χ0) is 14.8. The highest BCUT2D eigenvalue weighted by Crippen LogP contribution is 2.01. The van der Waals surface area contributed by atoms with Crippen LogP contribution in [0, 0.1) is 0 Å². The van der Waals surface area contributed by atoms with Gasteiger partial charge in [0.15, 0.2) is 0 Å². The molecule has 0 atom stereocenters. The first-order valence-electron chi connectivity index (χ1n) is 6.30. The Labute approximate surface area is 118 Å². The highest BCUT2D eigenvalue weighted by molar-refractivity contribution is 7.89. The summed E-state index contributed by atoms with van der Waals surface area (Å²) in [6.07, 6.45) is 0.152. The first-order valence-corrected chi connectivity index (χ1v) is 7.95. The minimum Gasteiger partial charge on any atom is -0.481 e. The predicted octanol–water partition coefficient (Wildman–Crippen LogP) is 0.987.